The number of fused-ring (bicyclic) bond motifs is 7. The first kappa shape index (κ1) is 28.1. The molecule has 0 atom stereocenters. The lowest BCUT2D eigenvalue weighted by molar-refractivity contribution is 0.811. The zero-order valence-electron chi connectivity index (χ0n) is 27.0. The fourth-order valence-electron chi connectivity index (χ4n) is 7.56. The first-order chi connectivity index (χ1) is 23.0. The van der Waals surface area contributed by atoms with E-state index in [9.17, 15) is 0 Å². The summed E-state index contributed by atoms with van der Waals surface area (Å²) in [4.78, 5) is 5.44. The van der Waals surface area contributed by atoms with Gasteiger partial charge in [0, 0.05) is 36.5 Å². The minimum Gasteiger partial charge on any atom is -0.309 e. The number of nitrogens with zero attached hydrogens (tertiary/aromatic N) is 3. The monoisotopic (exact) mass is 625 g/mol. The highest BCUT2D eigenvalue weighted by Crippen LogP contribution is 2.46. The molecule has 0 unspecified atom stereocenters. The van der Waals surface area contributed by atoms with Crippen molar-refractivity contribution in [1.82, 2.24) is 14.1 Å². The number of hydrogen-bond donors (Lipinski definition) is 0. The standard InChI is InChI=1S/C43H35N3S/c1-26(2)28-17-13-18-29(27(3)4)41(28)46-37-22-11-8-19-34(37)44-43(46)33-24-25-38(40-32-16-7-12-23-39(32)47-42(33)40)45-35-20-9-5-14-30(35)31-15-6-10-21-36(31)45/h5-27H,1-4H3. The van der Waals surface area contributed by atoms with Crippen LogP contribution in [-0.2, 0) is 0 Å². The van der Waals surface area contributed by atoms with Gasteiger partial charge in [0.05, 0.1) is 33.4 Å². The summed E-state index contributed by atoms with van der Waals surface area (Å²) in [7, 11) is 0. The summed E-state index contributed by atoms with van der Waals surface area (Å²) in [5.41, 5.74) is 10.9. The fourth-order valence-corrected chi connectivity index (χ4v) is 8.79. The van der Waals surface area contributed by atoms with E-state index in [0.717, 1.165) is 22.4 Å². The summed E-state index contributed by atoms with van der Waals surface area (Å²) >= 11 is 1.87. The van der Waals surface area contributed by atoms with E-state index < -0.39 is 0 Å². The number of benzene rings is 6. The Labute approximate surface area is 278 Å². The third-order valence-electron chi connectivity index (χ3n) is 9.69. The second-order valence-electron chi connectivity index (χ2n) is 13.2. The molecule has 0 radical (unpaired) electrons. The highest BCUT2D eigenvalue weighted by Gasteiger charge is 2.25. The maximum atomic E-state index is 5.44. The molecule has 0 saturated heterocycles. The maximum absolute atomic E-state index is 5.44. The molecule has 0 saturated carbocycles. The molecule has 3 aromatic heterocycles. The molecule has 0 aliphatic rings. The summed E-state index contributed by atoms with van der Waals surface area (Å²) in [5, 5.41) is 5.09. The normalized spacial score (nSPS) is 12.2. The predicted molar refractivity (Wildman–Crippen MR) is 202 cm³/mol. The average Bonchev–Trinajstić information content (AvgIpc) is 3.77. The van der Waals surface area contributed by atoms with Crippen molar-refractivity contribution in [2.75, 3.05) is 0 Å². The lowest BCUT2D eigenvalue weighted by atomic mass is 9.92. The van der Waals surface area contributed by atoms with Crippen LogP contribution in [0.15, 0.2) is 127 Å². The van der Waals surface area contributed by atoms with Gasteiger partial charge in [0.25, 0.3) is 0 Å². The molecule has 9 aromatic rings. The molecular formula is C43H35N3S. The molecule has 47 heavy (non-hydrogen) atoms. The van der Waals surface area contributed by atoms with Crippen LogP contribution in [0.4, 0.5) is 0 Å². The Balaban J connectivity index is 1.43. The molecule has 4 heteroatoms. The van der Waals surface area contributed by atoms with Crippen molar-refractivity contribution in [2.24, 2.45) is 0 Å². The highest BCUT2D eigenvalue weighted by atomic mass is 32.1. The lowest BCUT2D eigenvalue weighted by Gasteiger charge is -2.23. The number of thiophene rings is 1. The van der Waals surface area contributed by atoms with E-state index in [4.69, 9.17) is 4.98 Å². The van der Waals surface area contributed by atoms with Crippen molar-refractivity contribution >= 4 is 64.3 Å². The molecule has 0 spiro atoms. The van der Waals surface area contributed by atoms with Crippen molar-refractivity contribution in [3.05, 3.63) is 139 Å². The van der Waals surface area contributed by atoms with Crippen LogP contribution in [-0.4, -0.2) is 14.1 Å². The Bertz CT molecular complexity index is 2570. The molecular weight excluding hydrogens is 591 g/mol. The maximum Gasteiger partial charge on any atom is 0.147 e. The zero-order chi connectivity index (χ0) is 31.8. The Morgan fingerprint density at radius 3 is 1.77 bits per heavy atom. The summed E-state index contributed by atoms with van der Waals surface area (Å²) < 4.78 is 7.46. The van der Waals surface area contributed by atoms with Gasteiger partial charge in [-0.25, -0.2) is 4.98 Å². The van der Waals surface area contributed by atoms with E-state index in [0.29, 0.717) is 11.8 Å². The number of hydrogen-bond acceptors (Lipinski definition) is 2. The van der Waals surface area contributed by atoms with Gasteiger partial charge in [-0.1, -0.05) is 113 Å². The molecule has 228 valence electrons. The van der Waals surface area contributed by atoms with Crippen LogP contribution in [0, 0.1) is 0 Å². The third kappa shape index (κ3) is 4.14. The van der Waals surface area contributed by atoms with Gasteiger partial charge in [-0.2, -0.15) is 0 Å². The van der Waals surface area contributed by atoms with Gasteiger partial charge in [-0.05, 0) is 65.4 Å². The van der Waals surface area contributed by atoms with Gasteiger partial charge in [0.15, 0.2) is 0 Å². The molecule has 0 fully saturated rings. The average molecular weight is 626 g/mol. The first-order valence-electron chi connectivity index (χ1n) is 16.5. The van der Waals surface area contributed by atoms with Crippen LogP contribution in [0.5, 0.6) is 0 Å². The Kier molecular flexibility index (Phi) is 6.38. The molecule has 9 rings (SSSR count). The largest absolute Gasteiger partial charge is 0.309 e. The van der Waals surface area contributed by atoms with Crippen molar-refractivity contribution < 1.29 is 0 Å². The van der Waals surface area contributed by atoms with Crippen LogP contribution < -0.4 is 0 Å². The van der Waals surface area contributed by atoms with Gasteiger partial charge in [-0.15, -0.1) is 11.3 Å². The predicted octanol–water partition coefficient (Wildman–Crippen LogP) is 12.4. The molecule has 0 amide bonds. The molecule has 3 heterocycles. The van der Waals surface area contributed by atoms with Crippen LogP contribution in [0.3, 0.4) is 0 Å². The van der Waals surface area contributed by atoms with Gasteiger partial charge in [0.2, 0.25) is 0 Å². The Morgan fingerprint density at radius 1 is 0.532 bits per heavy atom. The molecule has 0 aliphatic heterocycles. The smallest absolute Gasteiger partial charge is 0.147 e. The summed E-state index contributed by atoms with van der Waals surface area (Å²) in [6.45, 7) is 9.19. The van der Waals surface area contributed by atoms with E-state index in [1.54, 1.807) is 0 Å². The molecule has 0 N–H and O–H groups in total. The number of imidazole rings is 1. The van der Waals surface area contributed by atoms with Crippen LogP contribution in [0.1, 0.15) is 50.7 Å². The van der Waals surface area contributed by atoms with E-state index in [2.05, 4.69) is 164 Å². The van der Waals surface area contributed by atoms with Gasteiger partial charge < -0.3 is 4.57 Å². The summed E-state index contributed by atoms with van der Waals surface area (Å²) in [5.74, 6) is 1.71. The molecule has 0 bridgehead atoms. The van der Waals surface area contributed by atoms with Gasteiger partial charge in [-0.3, -0.25) is 4.57 Å². The van der Waals surface area contributed by atoms with Crippen LogP contribution in [0.25, 0.3) is 75.8 Å². The van der Waals surface area contributed by atoms with Crippen molar-refractivity contribution in [1.29, 1.82) is 0 Å². The van der Waals surface area contributed by atoms with E-state index in [-0.39, 0.29) is 0 Å². The van der Waals surface area contributed by atoms with Gasteiger partial charge >= 0.3 is 0 Å². The highest BCUT2D eigenvalue weighted by molar-refractivity contribution is 7.26. The summed E-state index contributed by atoms with van der Waals surface area (Å²) in [6, 6.07) is 46.5. The Morgan fingerprint density at radius 2 is 1.11 bits per heavy atom. The van der Waals surface area contributed by atoms with Crippen LogP contribution >= 0.6 is 11.3 Å². The minimum absolute atomic E-state index is 0.361. The molecule has 6 aromatic carbocycles. The quantitative estimate of drug-likeness (QED) is 0.187. The van der Waals surface area contributed by atoms with Crippen molar-refractivity contribution in [3.63, 3.8) is 0 Å². The SMILES string of the molecule is CC(C)c1cccc(C(C)C)c1-n1c(-c2ccc(-n3c4ccccc4c4ccccc43)c3c2sc2ccccc23)nc2ccccc21. The van der Waals surface area contributed by atoms with E-state index >= 15 is 0 Å². The molecule has 0 aliphatic carbocycles. The third-order valence-corrected chi connectivity index (χ3v) is 10.9. The minimum atomic E-state index is 0.361. The van der Waals surface area contributed by atoms with Gasteiger partial charge in [0.1, 0.15) is 5.82 Å². The van der Waals surface area contributed by atoms with Crippen LogP contribution in [0.2, 0.25) is 0 Å². The fraction of sp³-hybridized carbons (Fsp3) is 0.140. The number of para-hydroxylation sites is 5. The lowest BCUT2D eigenvalue weighted by Crippen LogP contribution is -2.08. The first-order valence-corrected chi connectivity index (χ1v) is 17.4. The van der Waals surface area contributed by atoms with Crippen molar-refractivity contribution in [2.45, 2.75) is 39.5 Å². The number of rotatable bonds is 5. The summed E-state index contributed by atoms with van der Waals surface area (Å²) in [6.07, 6.45) is 0. The molecule has 3 nitrogen and oxygen atoms in total. The number of aromatic nitrogens is 3. The second kappa shape index (κ2) is 10.7. The van der Waals surface area contributed by atoms with E-state index in [1.807, 2.05) is 11.3 Å². The van der Waals surface area contributed by atoms with E-state index in [1.165, 1.54) is 64.5 Å². The second-order valence-corrected chi connectivity index (χ2v) is 14.2. The zero-order valence-corrected chi connectivity index (χ0v) is 27.8. The topological polar surface area (TPSA) is 22.8 Å². The van der Waals surface area contributed by atoms with Crippen molar-refractivity contribution in [3.8, 4) is 22.8 Å². The Hall–Kier alpha value is -5.19.